The Morgan fingerprint density at radius 3 is 2.88 bits per heavy atom. The van der Waals surface area contributed by atoms with E-state index in [2.05, 4.69) is 15.5 Å². The summed E-state index contributed by atoms with van der Waals surface area (Å²) in [5, 5.41) is 11.0. The molecule has 2 heterocycles. The number of hydrogen-bond donors (Lipinski definition) is 0. The van der Waals surface area contributed by atoms with Gasteiger partial charge in [-0.25, -0.2) is 4.68 Å². The summed E-state index contributed by atoms with van der Waals surface area (Å²) in [7, 11) is 1.67. The first-order valence-electron chi connectivity index (χ1n) is 4.78. The van der Waals surface area contributed by atoms with E-state index in [4.69, 9.17) is 0 Å². The molecule has 0 spiro atoms. The minimum absolute atomic E-state index is 0.00157. The highest BCUT2D eigenvalue weighted by Gasteiger charge is 2.34. The number of nitrogens with zero attached hydrogens (tertiary/aromatic N) is 5. The molecule has 0 aliphatic carbocycles. The van der Waals surface area contributed by atoms with Crippen molar-refractivity contribution in [2.45, 2.75) is 18.6 Å². The Bertz CT molecular complexity index is 432. The van der Waals surface area contributed by atoms with Crippen molar-refractivity contribution in [1.29, 1.82) is 0 Å². The van der Waals surface area contributed by atoms with Gasteiger partial charge in [0, 0.05) is 32.2 Å². The van der Waals surface area contributed by atoms with Crippen LogP contribution in [-0.4, -0.2) is 43.0 Å². The third-order valence-electron chi connectivity index (χ3n) is 2.26. The third kappa shape index (κ3) is 2.06. The van der Waals surface area contributed by atoms with E-state index in [0.717, 1.165) is 0 Å². The molecule has 1 fully saturated rings. The van der Waals surface area contributed by atoms with Crippen LogP contribution in [0.3, 0.4) is 0 Å². The number of anilines is 1. The van der Waals surface area contributed by atoms with Crippen molar-refractivity contribution in [3.8, 4) is 0 Å². The fourth-order valence-corrected chi connectivity index (χ4v) is 2.55. The molecule has 8 heteroatoms. The molecule has 0 saturated carbocycles. The monoisotopic (exact) mass is 241 g/mol. The molecule has 0 N–H and O–H groups in total. The molecule has 1 atom stereocenters. The van der Waals surface area contributed by atoms with E-state index in [1.54, 1.807) is 7.05 Å². The number of carbonyl (C=O) groups excluding carboxylic acids is 2. The van der Waals surface area contributed by atoms with E-state index in [1.165, 1.54) is 28.3 Å². The van der Waals surface area contributed by atoms with Gasteiger partial charge in [0.15, 0.2) is 5.12 Å². The predicted octanol–water partition coefficient (Wildman–Crippen LogP) is -0.405. The van der Waals surface area contributed by atoms with Crippen molar-refractivity contribution < 1.29 is 9.59 Å². The number of rotatable bonds is 2. The highest BCUT2D eigenvalue weighted by atomic mass is 32.2. The average Bonchev–Trinajstić information content (AvgIpc) is 2.71. The molecule has 1 aromatic heterocycles. The van der Waals surface area contributed by atoms with Crippen molar-refractivity contribution in [1.82, 2.24) is 20.2 Å². The Hall–Kier alpha value is -1.44. The summed E-state index contributed by atoms with van der Waals surface area (Å²) in [6.07, 6.45) is 0.358. The van der Waals surface area contributed by atoms with Crippen LogP contribution < -0.4 is 4.90 Å². The number of tetrazole rings is 1. The SMILES string of the molecule is CC(=O)SC1CC(=O)N(c2nnnn2C)C1. The summed E-state index contributed by atoms with van der Waals surface area (Å²) in [4.78, 5) is 24.2. The first kappa shape index (κ1) is 11.1. The predicted molar refractivity (Wildman–Crippen MR) is 57.8 cm³/mol. The van der Waals surface area contributed by atoms with E-state index >= 15 is 0 Å². The molecule has 1 amide bonds. The highest BCUT2D eigenvalue weighted by molar-refractivity contribution is 8.14. The van der Waals surface area contributed by atoms with Gasteiger partial charge in [-0.2, -0.15) is 0 Å². The van der Waals surface area contributed by atoms with Crippen molar-refractivity contribution in [2.75, 3.05) is 11.4 Å². The molecule has 1 saturated heterocycles. The van der Waals surface area contributed by atoms with E-state index in [-0.39, 0.29) is 16.3 Å². The van der Waals surface area contributed by atoms with E-state index in [9.17, 15) is 9.59 Å². The van der Waals surface area contributed by atoms with Crippen molar-refractivity contribution in [2.24, 2.45) is 7.05 Å². The van der Waals surface area contributed by atoms with Crippen molar-refractivity contribution in [3.05, 3.63) is 0 Å². The minimum atomic E-state index is -0.0448. The smallest absolute Gasteiger partial charge is 0.251 e. The average molecular weight is 241 g/mol. The lowest BCUT2D eigenvalue weighted by atomic mass is 10.4. The topological polar surface area (TPSA) is 81.0 Å². The maximum Gasteiger partial charge on any atom is 0.251 e. The molecule has 1 aromatic rings. The molecule has 1 aliphatic heterocycles. The van der Waals surface area contributed by atoms with Gasteiger partial charge < -0.3 is 0 Å². The maximum atomic E-state index is 11.7. The molecule has 0 aromatic carbocycles. The second-order valence-corrected chi connectivity index (χ2v) is 5.02. The number of hydrogen-bond acceptors (Lipinski definition) is 6. The van der Waals surface area contributed by atoms with Crippen LogP contribution in [0.5, 0.6) is 0 Å². The maximum absolute atomic E-state index is 11.7. The van der Waals surface area contributed by atoms with E-state index < -0.39 is 0 Å². The van der Waals surface area contributed by atoms with Gasteiger partial charge in [0.1, 0.15) is 0 Å². The van der Waals surface area contributed by atoms with E-state index in [0.29, 0.717) is 18.9 Å². The van der Waals surface area contributed by atoms with Gasteiger partial charge in [0.2, 0.25) is 5.91 Å². The van der Waals surface area contributed by atoms with E-state index in [1.807, 2.05) is 0 Å². The fraction of sp³-hybridized carbons (Fsp3) is 0.625. The first-order chi connectivity index (χ1) is 7.58. The molecule has 1 unspecified atom stereocenters. The minimum Gasteiger partial charge on any atom is -0.288 e. The molecule has 0 bridgehead atoms. The Balaban J connectivity index is 2.11. The zero-order valence-corrected chi connectivity index (χ0v) is 9.77. The zero-order chi connectivity index (χ0) is 11.7. The zero-order valence-electron chi connectivity index (χ0n) is 8.95. The Kier molecular flexibility index (Phi) is 2.90. The van der Waals surface area contributed by atoms with Gasteiger partial charge in [0.25, 0.3) is 5.95 Å². The molecule has 1 aliphatic rings. The molecular weight excluding hydrogens is 230 g/mol. The van der Waals surface area contributed by atoms with Crippen LogP contribution in [0.1, 0.15) is 13.3 Å². The third-order valence-corrected chi connectivity index (χ3v) is 3.24. The number of thioether (sulfide) groups is 1. The van der Waals surface area contributed by atoms with Crippen LogP contribution in [0.4, 0.5) is 5.95 Å². The molecule has 7 nitrogen and oxygen atoms in total. The summed E-state index contributed by atoms with van der Waals surface area (Å²) in [6.45, 7) is 1.99. The Morgan fingerprint density at radius 2 is 2.31 bits per heavy atom. The molecule has 86 valence electrons. The largest absolute Gasteiger partial charge is 0.288 e. The van der Waals surface area contributed by atoms with Crippen molar-refractivity contribution in [3.63, 3.8) is 0 Å². The van der Waals surface area contributed by atoms with Gasteiger partial charge in [-0.05, 0) is 10.4 Å². The van der Waals surface area contributed by atoms with Crippen LogP contribution in [0.2, 0.25) is 0 Å². The molecular formula is C8H11N5O2S. The molecule has 2 rings (SSSR count). The molecule has 16 heavy (non-hydrogen) atoms. The summed E-state index contributed by atoms with van der Waals surface area (Å²) in [6, 6.07) is 0. The summed E-state index contributed by atoms with van der Waals surface area (Å²) in [5.74, 6) is 0.383. The lowest BCUT2D eigenvalue weighted by Gasteiger charge is -2.12. The van der Waals surface area contributed by atoms with Gasteiger partial charge >= 0.3 is 0 Å². The van der Waals surface area contributed by atoms with Gasteiger partial charge in [-0.3, -0.25) is 14.5 Å². The quantitative estimate of drug-likeness (QED) is 0.700. The Labute approximate surface area is 96.2 Å². The molecule has 0 radical (unpaired) electrons. The van der Waals surface area contributed by atoms with Crippen molar-refractivity contribution >= 4 is 28.7 Å². The van der Waals surface area contributed by atoms with Crippen LogP contribution in [0.15, 0.2) is 0 Å². The van der Waals surface area contributed by atoms with Gasteiger partial charge in [-0.15, -0.1) is 0 Å². The lowest BCUT2D eigenvalue weighted by molar-refractivity contribution is -0.117. The number of aromatic nitrogens is 4. The number of carbonyl (C=O) groups is 2. The van der Waals surface area contributed by atoms with Crippen LogP contribution in [-0.2, 0) is 16.6 Å². The lowest BCUT2D eigenvalue weighted by Crippen LogP contribution is -2.28. The van der Waals surface area contributed by atoms with Crippen LogP contribution in [0, 0.1) is 0 Å². The summed E-state index contributed by atoms with van der Waals surface area (Å²) >= 11 is 1.19. The van der Waals surface area contributed by atoms with Gasteiger partial charge in [0.05, 0.1) is 0 Å². The summed E-state index contributed by atoms with van der Waals surface area (Å²) in [5.41, 5.74) is 0. The first-order valence-corrected chi connectivity index (χ1v) is 5.66. The van der Waals surface area contributed by atoms with Crippen LogP contribution >= 0.6 is 11.8 Å². The van der Waals surface area contributed by atoms with Crippen LogP contribution in [0.25, 0.3) is 0 Å². The second kappa shape index (κ2) is 4.20. The summed E-state index contributed by atoms with van der Waals surface area (Å²) < 4.78 is 1.44. The number of amides is 1. The highest BCUT2D eigenvalue weighted by Crippen LogP contribution is 2.26. The Morgan fingerprint density at radius 1 is 1.56 bits per heavy atom. The fourth-order valence-electron chi connectivity index (χ4n) is 1.64. The normalized spacial score (nSPS) is 20.5. The van der Waals surface area contributed by atoms with Gasteiger partial charge in [-0.1, -0.05) is 16.9 Å². The standard InChI is InChI=1S/C8H11N5O2S/c1-5(14)16-6-3-7(15)13(4-6)8-9-10-11-12(8)2/h6H,3-4H2,1-2H3. The second-order valence-electron chi connectivity index (χ2n) is 3.54. The number of aryl methyl sites for hydroxylation is 1.